The number of alkyl halides is 3. The number of sulfone groups is 1. The third-order valence-electron chi connectivity index (χ3n) is 4.36. The summed E-state index contributed by atoms with van der Waals surface area (Å²) in [6.45, 7) is 0.704. The maximum atomic E-state index is 12.8. The molecule has 1 aromatic carbocycles. The van der Waals surface area contributed by atoms with Crippen molar-refractivity contribution < 1.29 is 26.4 Å². The maximum Gasteiger partial charge on any atom is 0.417 e. The van der Waals surface area contributed by atoms with Gasteiger partial charge in [-0.05, 0) is 37.0 Å². The highest BCUT2D eigenvalue weighted by Crippen LogP contribution is 2.35. The smallest absolute Gasteiger partial charge is 0.343 e. The minimum Gasteiger partial charge on any atom is -0.343 e. The Morgan fingerprint density at radius 1 is 1.28 bits per heavy atom. The summed E-state index contributed by atoms with van der Waals surface area (Å²) in [6, 6.07) is 3.62. The average molecular weight is 398 g/mol. The van der Waals surface area contributed by atoms with Gasteiger partial charge in [0, 0.05) is 25.8 Å². The normalized spacial score (nSPS) is 16.9. The molecule has 0 unspecified atom stereocenters. The molecule has 0 spiro atoms. The van der Waals surface area contributed by atoms with Gasteiger partial charge in [-0.15, -0.1) is 0 Å². The van der Waals surface area contributed by atoms with Crippen LogP contribution in [0.15, 0.2) is 18.2 Å². The molecule has 0 N–H and O–H groups in total. The number of rotatable bonds is 4. The zero-order valence-electron chi connectivity index (χ0n) is 13.6. The van der Waals surface area contributed by atoms with E-state index in [9.17, 15) is 26.4 Å². The van der Waals surface area contributed by atoms with Crippen LogP contribution in [0.2, 0.25) is 5.02 Å². The fraction of sp³-hybridized carbons (Fsp3) is 0.562. The predicted octanol–water partition coefficient (Wildman–Crippen LogP) is 3.33. The van der Waals surface area contributed by atoms with E-state index in [1.807, 2.05) is 0 Å². The van der Waals surface area contributed by atoms with Crippen LogP contribution in [-0.2, 0) is 27.2 Å². The molecule has 9 heteroatoms. The van der Waals surface area contributed by atoms with Crippen molar-refractivity contribution in [3.8, 4) is 0 Å². The highest BCUT2D eigenvalue weighted by Gasteiger charge is 2.33. The summed E-state index contributed by atoms with van der Waals surface area (Å²) in [4.78, 5) is 13.8. The Hall–Kier alpha value is -1.28. The number of hydrogen-bond donors (Lipinski definition) is 0. The third kappa shape index (κ3) is 5.34. The second kappa shape index (κ2) is 7.53. The minimum absolute atomic E-state index is 0.0719. The first-order valence-corrected chi connectivity index (χ1v) is 10.1. The van der Waals surface area contributed by atoms with E-state index in [1.165, 1.54) is 18.4 Å². The molecule has 0 bridgehead atoms. The first-order valence-electron chi connectivity index (χ1n) is 7.81. The monoisotopic (exact) mass is 397 g/mol. The van der Waals surface area contributed by atoms with Crippen LogP contribution in [0.25, 0.3) is 0 Å². The average Bonchev–Trinajstić information content (AvgIpc) is 2.52. The second-order valence-corrected chi connectivity index (χ2v) is 8.95. The van der Waals surface area contributed by atoms with Crippen LogP contribution in [0, 0.1) is 0 Å². The number of halogens is 4. The van der Waals surface area contributed by atoms with Gasteiger partial charge >= 0.3 is 6.18 Å². The summed E-state index contributed by atoms with van der Waals surface area (Å²) in [5, 5.41) is -0.799. The SMILES string of the molecule is CS(=O)(=O)C1CCN(C(=O)CCc2ccc(Cl)c(C(F)(F)F)c2)CC1. The van der Waals surface area contributed by atoms with E-state index in [1.54, 1.807) is 4.90 Å². The molecule has 0 radical (unpaired) electrons. The maximum absolute atomic E-state index is 12.8. The number of likely N-dealkylation sites (tertiary alicyclic amines) is 1. The lowest BCUT2D eigenvalue weighted by Gasteiger charge is -2.31. The Kier molecular flexibility index (Phi) is 6.04. The van der Waals surface area contributed by atoms with Crippen LogP contribution in [-0.4, -0.2) is 43.8 Å². The molecule has 4 nitrogen and oxygen atoms in total. The Morgan fingerprint density at radius 2 is 1.88 bits per heavy atom. The quantitative estimate of drug-likeness (QED) is 0.783. The lowest BCUT2D eigenvalue weighted by atomic mass is 10.0. The molecule has 1 saturated heterocycles. The second-order valence-electron chi connectivity index (χ2n) is 6.22. The number of nitrogens with zero attached hydrogens (tertiary/aromatic N) is 1. The van der Waals surface area contributed by atoms with Crippen LogP contribution in [0.4, 0.5) is 13.2 Å². The van der Waals surface area contributed by atoms with Crippen molar-refractivity contribution in [1.82, 2.24) is 4.90 Å². The summed E-state index contributed by atoms with van der Waals surface area (Å²) >= 11 is 5.57. The molecule has 140 valence electrons. The van der Waals surface area contributed by atoms with Gasteiger partial charge in [-0.2, -0.15) is 13.2 Å². The zero-order chi connectivity index (χ0) is 18.8. The number of amides is 1. The van der Waals surface area contributed by atoms with Crippen LogP contribution in [0.1, 0.15) is 30.4 Å². The molecule has 0 saturated carbocycles. The summed E-state index contributed by atoms with van der Waals surface area (Å²) in [5.74, 6) is -0.185. The number of carbonyl (C=O) groups is 1. The molecule has 0 aromatic heterocycles. The highest BCUT2D eigenvalue weighted by atomic mass is 35.5. The molecule has 1 aliphatic rings. The Bertz CT molecular complexity index is 741. The van der Waals surface area contributed by atoms with Gasteiger partial charge in [-0.3, -0.25) is 4.79 Å². The fourth-order valence-electron chi connectivity index (χ4n) is 2.89. The zero-order valence-corrected chi connectivity index (χ0v) is 15.2. The van der Waals surface area contributed by atoms with Crippen molar-refractivity contribution >= 4 is 27.3 Å². The van der Waals surface area contributed by atoms with Gasteiger partial charge in [0.05, 0.1) is 15.8 Å². The minimum atomic E-state index is -4.54. The van der Waals surface area contributed by atoms with Gasteiger partial charge in [-0.1, -0.05) is 17.7 Å². The van der Waals surface area contributed by atoms with Gasteiger partial charge in [0.1, 0.15) is 9.84 Å². The van der Waals surface area contributed by atoms with E-state index in [2.05, 4.69) is 0 Å². The van der Waals surface area contributed by atoms with E-state index >= 15 is 0 Å². The molecule has 2 rings (SSSR count). The van der Waals surface area contributed by atoms with Crippen molar-refractivity contribution in [1.29, 1.82) is 0 Å². The van der Waals surface area contributed by atoms with Crippen LogP contribution < -0.4 is 0 Å². The summed E-state index contributed by atoms with van der Waals surface area (Å²) in [5.41, 5.74) is -0.524. The Morgan fingerprint density at radius 3 is 2.40 bits per heavy atom. The summed E-state index contributed by atoms with van der Waals surface area (Å²) in [6.07, 6.45) is -2.32. The predicted molar refractivity (Wildman–Crippen MR) is 89.2 cm³/mol. The van der Waals surface area contributed by atoms with E-state index in [0.29, 0.717) is 31.5 Å². The van der Waals surface area contributed by atoms with Gasteiger partial charge < -0.3 is 4.90 Å². The highest BCUT2D eigenvalue weighted by molar-refractivity contribution is 7.91. The molecule has 1 fully saturated rings. The number of aryl methyl sites for hydroxylation is 1. The molecule has 1 heterocycles. The van der Waals surface area contributed by atoms with Crippen molar-refractivity contribution in [3.63, 3.8) is 0 Å². The van der Waals surface area contributed by atoms with Crippen molar-refractivity contribution in [2.24, 2.45) is 0 Å². The van der Waals surface area contributed by atoms with Gasteiger partial charge in [0.15, 0.2) is 0 Å². The van der Waals surface area contributed by atoms with Gasteiger partial charge in [-0.25, -0.2) is 8.42 Å². The van der Waals surface area contributed by atoms with Crippen molar-refractivity contribution in [3.05, 3.63) is 34.3 Å². The van der Waals surface area contributed by atoms with Crippen molar-refractivity contribution in [2.45, 2.75) is 37.1 Å². The molecular formula is C16H19ClF3NO3S. The lowest BCUT2D eigenvalue weighted by Crippen LogP contribution is -2.42. The molecule has 1 amide bonds. The molecule has 25 heavy (non-hydrogen) atoms. The summed E-state index contributed by atoms with van der Waals surface area (Å²) in [7, 11) is -3.11. The topological polar surface area (TPSA) is 54.5 Å². The lowest BCUT2D eigenvalue weighted by molar-refractivity contribution is -0.137. The number of hydrogen-bond acceptors (Lipinski definition) is 3. The third-order valence-corrected chi connectivity index (χ3v) is 6.38. The largest absolute Gasteiger partial charge is 0.417 e. The van der Waals surface area contributed by atoms with Crippen molar-refractivity contribution in [2.75, 3.05) is 19.3 Å². The standard InChI is InChI=1S/C16H19ClF3NO3S/c1-25(23,24)12-6-8-21(9-7-12)15(22)5-3-11-2-4-14(17)13(10-11)16(18,19)20/h2,4,10,12H,3,5-9H2,1H3. The van der Waals surface area contributed by atoms with Gasteiger partial charge in [0.25, 0.3) is 0 Å². The molecular weight excluding hydrogens is 379 g/mol. The summed E-state index contributed by atoms with van der Waals surface area (Å²) < 4.78 is 61.5. The number of benzene rings is 1. The van der Waals surface area contributed by atoms with E-state index in [4.69, 9.17) is 11.6 Å². The Balaban J connectivity index is 1.93. The molecule has 1 aliphatic heterocycles. The van der Waals surface area contributed by atoms with E-state index < -0.39 is 26.8 Å². The fourth-order valence-corrected chi connectivity index (χ4v) is 4.18. The molecule has 1 aromatic rings. The first-order chi connectivity index (χ1) is 11.5. The Labute approximate surface area is 149 Å². The van der Waals surface area contributed by atoms with Crippen LogP contribution in [0.3, 0.4) is 0 Å². The van der Waals surface area contributed by atoms with E-state index in [0.717, 1.165) is 6.07 Å². The van der Waals surface area contributed by atoms with Crippen LogP contribution >= 0.6 is 11.6 Å². The number of carbonyl (C=O) groups excluding carboxylic acids is 1. The van der Waals surface area contributed by atoms with Crippen LogP contribution in [0.5, 0.6) is 0 Å². The van der Waals surface area contributed by atoms with E-state index in [-0.39, 0.29) is 23.8 Å². The molecule has 0 aliphatic carbocycles. The molecule has 0 atom stereocenters. The van der Waals surface area contributed by atoms with Gasteiger partial charge in [0.2, 0.25) is 5.91 Å². The number of piperidine rings is 1. The first kappa shape index (κ1) is 20.0.